The first kappa shape index (κ1) is 19.1. The van der Waals surface area contributed by atoms with Crippen molar-refractivity contribution in [3.05, 3.63) is 102 Å². The lowest BCUT2D eigenvalue weighted by Gasteiger charge is -2.26. The Morgan fingerprint density at radius 1 is 0.963 bits per heavy atom. The van der Waals surface area contributed by atoms with E-state index in [2.05, 4.69) is 0 Å². The Balaban J connectivity index is 2.11. The third-order valence-corrected chi connectivity index (χ3v) is 6.17. The quantitative estimate of drug-likeness (QED) is 0.595. The van der Waals surface area contributed by atoms with Crippen LogP contribution in [0.25, 0.3) is 0 Å². The van der Waals surface area contributed by atoms with Gasteiger partial charge in [0.05, 0.1) is 17.1 Å². The molecule has 0 atom stereocenters. The maximum atomic E-state index is 13.4. The van der Waals surface area contributed by atoms with E-state index in [9.17, 15) is 12.8 Å². The van der Waals surface area contributed by atoms with Gasteiger partial charge in [-0.15, -0.1) is 0 Å². The van der Waals surface area contributed by atoms with Crippen molar-refractivity contribution in [2.45, 2.75) is 25.3 Å². The van der Waals surface area contributed by atoms with E-state index < -0.39 is 15.8 Å². The second-order valence-electron chi connectivity index (χ2n) is 6.29. The number of benzene rings is 3. The number of nitrogens with zero attached hydrogens (tertiary/aromatic N) is 1. The summed E-state index contributed by atoms with van der Waals surface area (Å²) >= 11 is 0. The molecule has 0 bridgehead atoms. The van der Waals surface area contributed by atoms with E-state index in [1.165, 1.54) is 16.4 Å². The lowest BCUT2D eigenvalue weighted by Crippen LogP contribution is -2.31. The fraction of sp³-hybridized carbons (Fsp3) is 0.136. The third-order valence-electron chi connectivity index (χ3n) is 4.39. The maximum Gasteiger partial charge on any atom is 0.264 e. The van der Waals surface area contributed by atoms with Crippen molar-refractivity contribution < 1.29 is 12.8 Å². The van der Waals surface area contributed by atoms with Gasteiger partial charge in [0, 0.05) is 0 Å². The smallest absolute Gasteiger partial charge is 0.262 e. The second kappa shape index (κ2) is 7.92. The highest BCUT2D eigenvalue weighted by Gasteiger charge is 2.26. The van der Waals surface area contributed by atoms with Gasteiger partial charge in [0.15, 0.2) is 0 Å². The molecule has 0 saturated carbocycles. The first-order valence-corrected chi connectivity index (χ1v) is 10.1. The molecule has 1 radical (unpaired) electrons. The van der Waals surface area contributed by atoms with Crippen LogP contribution in [0, 0.1) is 19.2 Å². The zero-order chi connectivity index (χ0) is 19.4. The van der Waals surface area contributed by atoms with Crippen molar-refractivity contribution in [2.75, 3.05) is 4.31 Å². The van der Waals surface area contributed by atoms with Crippen molar-refractivity contribution in [3.8, 4) is 0 Å². The van der Waals surface area contributed by atoms with Crippen LogP contribution >= 0.6 is 0 Å². The van der Waals surface area contributed by atoms with Crippen molar-refractivity contribution >= 4 is 15.7 Å². The van der Waals surface area contributed by atoms with Crippen LogP contribution in [0.15, 0.2) is 77.7 Å². The number of hydrogen-bond acceptors (Lipinski definition) is 2. The zero-order valence-corrected chi connectivity index (χ0v) is 16.1. The van der Waals surface area contributed by atoms with Crippen LogP contribution in [0.2, 0.25) is 0 Å². The number of halogens is 1. The largest absolute Gasteiger partial charge is 0.264 e. The van der Waals surface area contributed by atoms with Crippen LogP contribution < -0.4 is 4.31 Å². The van der Waals surface area contributed by atoms with Crippen LogP contribution in [0.3, 0.4) is 0 Å². The summed E-state index contributed by atoms with van der Waals surface area (Å²) < 4.78 is 41.4. The first-order chi connectivity index (χ1) is 12.9. The molecule has 3 rings (SSSR count). The minimum absolute atomic E-state index is 0.0605. The molecule has 0 unspecified atom stereocenters. The molecule has 0 aliphatic carbocycles. The molecule has 139 valence electrons. The van der Waals surface area contributed by atoms with Gasteiger partial charge in [0.1, 0.15) is 5.82 Å². The van der Waals surface area contributed by atoms with Gasteiger partial charge in [-0.2, -0.15) is 0 Å². The maximum absolute atomic E-state index is 13.4. The van der Waals surface area contributed by atoms with E-state index in [1.54, 1.807) is 0 Å². The fourth-order valence-electron chi connectivity index (χ4n) is 2.92. The van der Waals surface area contributed by atoms with Crippen LogP contribution in [0.5, 0.6) is 0 Å². The average molecular weight is 382 g/mol. The first-order valence-electron chi connectivity index (χ1n) is 8.64. The molecule has 0 aliphatic heterocycles. The molecule has 0 saturated heterocycles. The summed E-state index contributed by atoms with van der Waals surface area (Å²) in [5, 5.41) is 0. The summed E-state index contributed by atoms with van der Waals surface area (Å²) in [5.74, 6) is -0.470. The van der Waals surface area contributed by atoms with Gasteiger partial charge >= 0.3 is 0 Å². The summed E-state index contributed by atoms with van der Waals surface area (Å²) in [7, 11) is -3.85. The number of aryl methyl sites for hydroxylation is 1. The minimum atomic E-state index is -3.85. The summed E-state index contributed by atoms with van der Waals surface area (Å²) in [6, 6.07) is 20.0. The molecule has 0 N–H and O–H groups in total. The van der Waals surface area contributed by atoms with Crippen molar-refractivity contribution in [2.24, 2.45) is 0 Å². The minimum Gasteiger partial charge on any atom is -0.262 e. The Labute approximate surface area is 160 Å². The molecular formula is C22H21FNO2S. The van der Waals surface area contributed by atoms with Gasteiger partial charge in [-0.05, 0) is 60.4 Å². The Kier molecular flexibility index (Phi) is 5.61. The van der Waals surface area contributed by atoms with E-state index in [1.807, 2.05) is 68.8 Å². The molecule has 0 aromatic heterocycles. The van der Waals surface area contributed by atoms with Crippen LogP contribution in [0.1, 0.15) is 23.6 Å². The zero-order valence-electron chi connectivity index (χ0n) is 15.3. The topological polar surface area (TPSA) is 37.4 Å². The standard InChI is InChI=1S/C22H21FNO2S/c1-3-18-9-14-22(17(2)15-18)24(16-19-7-5-4-6-8-19)27(25,26)21-12-10-20(23)11-13-21/h3-15H,16H2,1-2H3. The fourth-order valence-corrected chi connectivity index (χ4v) is 4.44. The second-order valence-corrected chi connectivity index (χ2v) is 8.15. The molecule has 0 aliphatic rings. The van der Waals surface area contributed by atoms with Gasteiger partial charge in [-0.3, -0.25) is 4.31 Å². The van der Waals surface area contributed by atoms with Gasteiger partial charge in [0.25, 0.3) is 10.0 Å². The van der Waals surface area contributed by atoms with Crippen molar-refractivity contribution in [1.82, 2.24) is 0 Å². The molecule has 5 heteroatoms. The van der Waals surface area contributed by atoms with E-state index in [4.69, 9.17) is 0 Å². The Hall–Kier alpha value is -2.66. The van der Waals surface area contributed by atoms with Crippen molar-refractivity contribution in [1.29, 1.82) is 0 Å². The number of hydrogen-bond donors (Lipinski definition) is 0. The summed E-state index contributed by atoms with van der Waals surface area (Å²) in [6.07, 6.45) is 1.97. The Morgan fingerprint density at radius 3 is 2.22 bits per heavy atom. The summed E-state index contributed by atoms with van der Waals surface area (Å²) in [4.78, 5) is 0.0605. The Bertz CT molecular complexity index is 1020. The van der Waals surface area contributed by atoms with Crippen LogP contribution in [-0.2, 0) is 16.6 Å². The van der Waals surface area contributed by atoms with E-state index in [-0.39, 0.29) is 11.4 Å². The van der Waals surface area contributed by atoms with E-state index >= 15 is 0 Å². The lowest BCUT2D eigenvalue weighted by molar-refractivity contribution is 0.589. The summed E-state index contributed by atoms with van der Waals surface area (Å²) in [5.41, 5.74) is 3.35. The van der Waals surface area contributed by atoms with Gasteiger partial charge in [-0.1, -0.05) is 49.4 Å². The van der Waals surface area contributed by atoms with Crippen LogP contribution in [-0.4, -0.2) is 8.42 Å². The third kappa shape index (κ3) is 4.19. The Morgan fingerprint density at radius 2 is 1.63 bits per heavy atom. The molecule has 0 fully saturated rings. The highest BCUT2D eigenvalue weighted by molar-refractivity contribution is 7.92. The lowest BCUT2D eigenvalue weighted by atomic mass is 10.1. The predicted octanol–water partition coefficient (Wildman–Crippen LogP) is 5.10. The van der Waals surface area contributed by atoms with Crippen LogP contribution in [0.4, 0.5) is 10.1 Å². The highest BCUT2D eigenvalue weighted by atomic mass is 32.2. The van der Waals surface area contributed by atoms with Gasteiger partial charge in [0.2, 0.25) is 0 Å². The number of anilines is 1. The predicted molar refractivity (Wildman–Crippen MR) is 106 cm³/mol. The normalized spacial score (nSPS) is 11.4. The van der Waals surface area contributed by atoms with E-state index in [0.717, 1.165) is 28.8 Å². The molecule has 0 spiro atoms. The summed E-state index contributed by atoms with van der Waals surface area (Å²) in [6.45, 7) is 4.02. The number of rotatable bonds is 6. The molecule has 27 heavy (non-hydrogen) atoms. The average Bonchev–Trinajstić information content (AvgIpc) is 2.67. The van der Waals surface area contributed by atoms with Gasteiger partial charge < -0.3 is 0 Å². The molecule has 0 heterocycles. The molecule has 3 nitrogen and oxygen atoms in total. The molecule has 3 aromatic carbocycles. The number of sulfonamides is 1. The van der Waals surface area contributed by atoms with E-state index in [0.29, 0.717) is 5.69 Å². The van der Waals surface area contributed by atoms with Crippen molar-refractivity contribution in [3.63, 3.8) is 0 Å². The highest BCUT2D eigenvalue weighted by Crippen LogP contribution is 2.30. The molecule has 3 aromatic rings. The molecule has 0 amide bonds. The monoisotopic (exact) mass is 382 g/mol. The molecular weight excluding hydrogens is 361 g/mol. The van der Waals surface area contributed by atoms with Gasteiger partial charge in [-0.25, -0.2) is 12.8 Å². The SMILES string of the molecule is C[CH]c1ccc(N(Cc2ccccc2)S(=O)(=O)c2ccc(F)cc2)c(C)c1.